The summed E-state index contributed by atoms with van der Waals surface area (Å²) in [4.78, 5) is 38.1. The Morgan fingerprint density at radius 3 is 2.74 bits per heavy atom. The Kier molecular flexibility index (Phi) is 3.05. The lowest BCUT2D eigenvalue weighted by atomic mass is 9.77. The Balaban J connectivity index is 1.64. The van der Waals surface area contributed by atoms with Crippen molar-refractivity contribution in [3.05, 3.63) is 51.9 Å². The number of carboxylic acids is 1. The predicted molar refractivity (Wildman–Crippen MR) is 95.7 cm³/mol. The maximum absolute atomic E-state index is 13.2. The van der Waals surface area contributed by atoms with Gasteiger partial charge in [-0.05, 0) is 37.1 Å². The third-order valence-electron chi connectivity index (χ3n) is 5.94. The third kappa shape index (κ3) is 2.03. The average Bonchev–Trinajstić information content (AvgIpc) is 3.22. The van der Waals surface area contributed by atoms with Crippen LogP contribution in [0.3, 0.4) is 0 Å². The molecule has 4 heterocycles. The van der Waals surface area contributed by atoms with Crippen molar-refractivity contribution in [1.29, 1.82) is 0 Å². The molecule has 1 unspecified atom stereocenters. The highest BCUT2D eigenvalue weighted by atomic mass is 16.5. The van der Waals surface area contributed by atoms with E-state index in [1.807, 2.05) is 26.0 Å². The standard InChI is InChI=1S/C20H17NO6/c1-9-6-15(22)26-14-5-10(2)12(7-11(9)14)21-8-20-4-3-13(27-20)16(19(24)25)17(20)18(21)23/h3-7,13,16-17H,8H2,1-2H3,(H,24,25)/t13-,16-,17?,20-/m0/s1. The van der Waals surface area contributed by atoms with Gasteiger partial charge in [-0.15, -0.1) is 0 Å². The monoisotopic (exact) mass is 367 g/mol. The molecule has 2 bridgehead atoms. The summed E-state index contributed by atoms with van der Waals surface area (Å²) in [7, 11) is 0. The first-order chi connectivity index (χ1) is 12.8. The molecule has 1 amide bonds. The maximum atomic E-state index is 13.2. The summed E-state index contributed by atoms with van der Waals surface area (Å²) >= 11 is 0. The molecule has 1 N–H and O–H groups in total. The average molecular weight is 367 g/mol. The van der Waals surface area contributed by atoms with Gasteiger partial charge in [-0.1, -0.05) is 12.2 Å². The van der Waals surface area contributed by atoms with Gasteiger partial charge in [-0.25, -0.2) is 4.79 Å². The van der Waals surface area contributed by atoms with E-state index in [0.29, 0.717) is 11.3 Å². The molecule has 1 aromatic heterocycles. The fourth-order valence-corrected chi connectivity index (χ4v) is 4.73. The zero-order valence-electron chi connectivity index (χ0n) is 14.8. The summed E-state index contributed by atoms with van der Waals surface area (Å²) in [5.41, 5.74) is 1.37. The lowest BCUT2D eigenvalue weighted by Gasteiger charge is -2.23. The van der Waals surface area contributed by atoms with Crippen molar-refractivity contribution in [2.45, 2.75) is 25.6 Å². The lowest BCUT2D eigenvalue weighted by molar-refractivity contribution is -0.146. The molecule has 3 aliphatic heterocycles. The van der Waals surface area contributed by atoms with Gasteiger partial charge in [0.1, 0.15) is 17.1 Å². The fourth-order valence-electron chi connectivity index (χ4n) is 4.73. The van der Waals surface area contributed by atoms with Gasteiger partial charge < -0.3 is 19.2 Å². The van der Waals surface area contributed by atoms with Gasteiger partial charge in [0.15, 0.2) is 0 Å². The molecular formula is C20H17NO6. The van der Waals surface area contributed by atoms with Gasteiger partial charge in [0, 0.05) is 17.1 Å². The minimum absolute atomic E-state index is 0.244. The molecule has 1 spiro atoms. The smallest absolute Gasteiger partial charge is 0.336 e. The predicted octanol–water partition coefficient (Wildman–Crippen LogP) is 1.78. The van der Waals surface area contributed by atoms with Crippen molar-refractivity contribution in [3.63, 3.8) is 0 Å². The molecule has 5 rings (SSSR count). The molecule has 0 aliphatic carbocycles. The lowest BCUT2D eigenvalue weighted by Crippen LogP contribution is -2.39. The largest absolute Gasteiger partial charge is 0.481 e. The minimum atomic E-state index is -1.01. The van der Waals surface area contributed by atoms with Gasteiger partial charge in [0.25, 0.3) is 0 Å². The highest BCUT2D eigenvalue weighted by Crippen LogP contribution is 2.53. The normalized spacial score (nSPS) is 31.1. The first-order valence-corrected chi connectivity index (χ1v) is 8.77. The summed E-state index contributed by atoms with van der Waals surface area (Å²) in [5, 5.41) is 10.3. The summed E-state index contributed by atoms with van der Waals surface area (Å²) < 4.78 is 11.2. The zero-order valence-corrected chi connectivity index (χ0v) is 14.8. The van der Waals surface area contributed by atoms with Crippen LogP contribution in [0.15, 0.2) is 39.6 Å². The number of hydrogen-bond acceptors (Lipinski definition) is 5. The number of ether oxygens (including phenoxy) is 1. The van der Waals surface area contributed by atoms with E-state index in [2.05, 4.69) is 0 Å². The SMILES string of the molecule is Cc1cc2oc(=O)cc(C)c2cc1N1C[C@]23C=C[C@H](O2)[C@H](C(=O)O)C3C1=O. The molecule has 4 atom stereocenters. The number of anilines is 1. The molecule has 27 heavy (non-hydrogen) atoms. The highest BCUT2D eigenvalue weighted by molar-refractivity contribution is 6.04. The highest BCUT2D eigenvalue weighted by Gasteiger charge is 2.67. The Hall–Kier alpha value is -2.93. The summed E-state index contributed by atoms with van der Waals surface area (Å²) in [6.45, 7) is 3.92. The number of carboxylic acid groups (broad SMARTS) is 1. The fraction of sp³-hybridized carbons (Fsp3) is 0.350. The van der Waals surface area contributed by atoms with Crippen LogP contribution in [0.2, 0.25) is 0 Å². The molecular weight excluding hydrogens is 350 g/mol. The summed E-state index contributed by atoms with van der Waals surface area (Å²) in [5.74, 6) is -2.85. The van der Waals surface area contributed by atoms with Crippen molar-refractivity contribution in [2.24, 2.45) is 11.8 Å². The van der Waals surface area contributed by atoms with Crippen LogP contribution >= 0.6 is 0 Å². The number of benzene rings is 1. The second-order valence-corrected chi connectivity index (χ2v) is 7.55. The van der Waals surface area contributed by atoms with Crippen LogP contribution < -0.4 is 10.5 Å². The second kappa shape index (κ2) is 5.07. The molecule has 0 saturated carbocycles. The second-order valence-electron chi connectivity index (χ2n) is 7.55. The Labute approximate surface area is 153 Å². The number of aryl methyl sites for hydroxylation is 2. The van der Waals surface area contributed by atoms with E-state index in [1.165, 1.54) is 6.07 Å². The van der Waals surface area contributed by atoms with Gasteiger partial charge in [-0.2, -0.15) is 0 Å². The van der Waals surface area contributed by atoms with Crippen molar-refractivity contribution >= 4 is 28.5 Å². The van der Waals surface area contributed by atoms with E-state index in [4.69, 9.17) is 9.15 Å². The molecule has 2 saturated heterocycles. The van der Waals surface area contributed by atoms with E-state index in [0.717, 1.165) is 16.5 Å². The number of hydrogen-bond donors (Lipinski definition) is 1. The van der Waals surface area contributed by atoms with E-state index in [-0.39, 0.29) is 12.5 Å². The molecule has 3 aliphatic rings. The Morgan fingerprint density at radius 2 is 2.00 bits per heavy atom. The van der Waals surface area contributed by atoms with Crippen molar-refractivity contribution in [2.75, 3.05) is 11.4 Å². The summed E-state index contributed by atoms with van der Waals surface area (Å²) in [6, 6.07) is 4.97. The maximum Gasteiger partial charge on any atom is 0.336 e. The van der Waals surface area contributed by atoms with Crippen molar-refractivity contribution in [3.8, 4) is 0 Å². The van der Waals surface area contributed by atoms with Crippen molar-refractivity contribution in [1.82, 2.24) is 0 Å². The quantitative estimate of drug-likeness (QED) is 0.642. The third-order valence-corrected chi connectivity index (χ3v) is 5.94. The van der Waals surface area contributed by atoms with Crippen LogP contribution in [-0.2, 0) is 14.3 Å². The summed E-state index contributed by atoms with van der Waals surface area (Å²) in [6.07, 6.45) is 3.03. The van der Waals surface area contributed by atoms with Crippen LogP contribution in [0.1, 0.15) is 11.1 Å². The first-order valence-electron chi connectivity index (χ1n) is 8.77. The van der Waals surface area contributed by atoms with E-state index >= 15 is 0 Å². The van der Waals surface area contributed by atoms with Gasteiger partial charge in [0.2, 0.25) is 5.91 Å². The topological polar surface area (TPSA) is 97.1 Å². The van der Waals surface area contributed by atoms with E-state index < -0.39 is 35.1 Å². The molecule has 7 nitrogen and oxygen atoms in total. The van der Waals surface area contributed by atoms with Crippen molar-refractivity contribution < 1.29 is 23.8 Å². The Morgan fingerprint density at radius 1 is 1.22 bits per heavy atom. The minimum Gasteiger partial charge on any atom is -0.481 e. The molecule has 7 heteroatoms. The molecule has 0 radical (unpaired) electrons. The molecule has 2 aromatic rings. The van der Waals surface area contributed by atoms with Crippen LogP contribution in [0.25, 0.3) is 11.0 Å². The van der Waals surface area contributed by atoms with Crippen LogP contribution in [-0.4, -0.2) is 35.2 Å². The van der Waals surface area contributed by atoms with E-state index in [1.54, 1.807) is 17.0 Å². The number of rotatable bonds is 2. The number of fused-ring (bicyclic) bond motifs is 2. The number of amides is 1. The van der Waals surface area contributed by atoms with Crippen LogP contribution in [0.5, 0.6) is 0 Å². The molecule has 1 aromatic carbocycles. The van der Waals surface area contributed by atoms with Gasteiger partial charge in [-0.3, -0.25) is 9.59 Å². The number of nitrogens with zero attached hydrogens (tertiary/aromatic N) is 1. The Bertz CT molecular complexity index is 1120. The van der Waals surface area contributed by atoms with Crippen LogP contribution in [0, 0.1) is 25.7 Å². The van der Waals surface area contributed by atoms with E-state index in [9.17, 15) is 19.5 Å². The molecule has 2 fully saturated rings. The number of carbonyl (C=O) groups excluding carboxylic acids is 1. The van der Waals surface area contributed by atoms with Crippen LogP contribution in [0.4, 0.5) is 5.69 Å². The molecule has 138 valence electrons. The van der Waals surface area contributed by atoms with Gasteiger partial charge >= 0.3 is 11.6 Å². The van der Waals surface area contributed by atoms with Gasteiger partial charge in [0.05, 0.1) is 18.6 Å². The number of carbonyl (C=O) groups is 2. The zero-order chi connectivity index (χ0) is 19.1. The first kappa shape index (κ1) is 16.3. The number of aliphatic carboxylic acids is 1.